The Morgan fingerprint density at radius 3 is 2.55 bits per heavy atom. The minimum Gasteiger partial charge on any atom is -0.371 e. The quantitative estimate of drug-likeness (QED) is 0.475. The number of nitrogens with zero attached hydrogens (tertiary/aromatic N) is 3. The van der Waals surface area contributed by atoms with E-state index in [-0.39, 0.29) is 16.9 Å². The molecule has 22 heavy (non-hydrogen) atoms. The molecule has 2 rings (SSSR count). The normalized spacial score (nSPS) is 12.1. The maximum absolute atomic E-state index is 12.4. The number of aromatic nitrogens is 2. The standard InChI is InChI=1S/C11H6F3N3O4S/c1-15-8-4-3-6-10(16-8)7(5-9(18)17(6)2)21-22(19,20)11(12,13)14/h3-5H,2H3. The van der Waals surface area contributed by atoms with Gasteiger partial charge in [-0.25, -0.2) is 0 Å². The van der Waals surface area contributed by atoms with E-state index in [1.807, 2.05) is 0 Å². The van der Waals surface area contributed by atoms with Crippen LogP contribution in [0.25, 0.3) is 15.9 Å². The average Bonchev–Trinajstić information content (AvgIpc) is 2.42. The van der Waals surface area contributed by atoms with E-state index in [4.69, 9.17) is 6.57 Å². The van der Waals surface area contributed by atoms with Crippen molar-refractivity contribution in [2.24, 2.45) is 7.05 Å². The molecule has 0 spiro atoms. The van der Waals surface area contributed by atoms with Gasteiger partial charge in [-0.2, -0.15) is 21.6 Å². The average molecular weight is 333 g/mol. The van der Waals surface area contributed by atoms with Gasteiger partial charge in [-0.3, -0.25) is 4.79 Å². The molecule has 0 aliphatic carbocycles. The smallest absolute Gasteiger partial charge is 0.371 e. The van der Waals surface area contributed by atoms with E-state index < -0.39 is 26.9 Å². The highest BCUT2D eigenvalue weighted by atomic mass is 32.2. The van der Waals surface area contributed by atoms with Gasteiger partial charge < -0.3 is 13.6 Å². The molecule has 116 valence electrons. The highest BCUT2D eigenvalue weighted by Crippen LogP contribution is 2.30. The largest absolute Gasteiger partial charge is 0.534 e. The SMILES string of the molecule is [C-]#[N+]c1ccc2c(n1)c(OS(=O)(=O)C(F)(F)F)cc(=O)n2C. The van der Waals surface area contributed by atoms with Crippen LogP contribution in [0.1, 0.15) is 0 Å². The van der Waals surface area contributed by atoms with Crippen LogP contribution in [0.4, 0.5) is 19.0 Å². The summed E-state index contributed by atoms with van der Waals surface area (Å²) in [5.74, 6) is -1.08. The van der Waals surface area contributed by atoms with Gasteiger partial charge in [0.05, 0.1) is 11.6 Å². The van der Waals surface area contributed by atoms with E-state index in [0.717, 1.165) is 4.57 Å². The zero-order valence-electron chi connectivity index (χ0n) is 10.7. The summed E-state index contributed by atoms with van der Waals surface area (Å²) >= 11 is 0. The Morgan fingerprint density at radius 1 is 1.36 bits per heavy atom. The third-order valence-corrected chi connectivity index (χ3v) is 3.60. The number of halogens is 3. The third kappa shape index (κ3) is 2.60. The van der Waals surface area contributed by atoms with Gasteiger partial charge in [-0.05, 0) is 12.1 Å². The summed E-state index contributed by atoms with van der Waals surface area (Å²) in [6.07, 6.45) is 0. The van der Waals surface area contributed by atoms with Crippen LogP contribution in [-0.4, -0.2) is 23.5 Å². The van der Waals surface area contributed by atoms with E-state index in [1.165, 1.54) is 19.2 Å². The summed E-state index contributed by atoms with van der Waals surface area (Å²) in [5, 5.41) is 0. The lowest BCUT2D eigenvalue weighted by atomic mass is 10.3. The number of rotatable bonds is 2. The first-order chi connectivity index (χ1) is 10.1. The Balaban J connectivity index is 2.77. The molecule has 0 aliphatic rings. The summed E-state index contributed by atoms with van der Waals surface area (Å²) < 4.78 is 64.3. The molecule has 7 nitrogen and oxygen atoms in total. The van der Waals surface area contributed by atoms with Crippen molar-refractivity contribution in [3.8, 4) is 5.75 Å². The number of pyridine rings is 2. The molecule has 0 fully saturated rings. The molecule has 0 unspecified atom stereocenters. The number of hydrogen-bond acceptors (Lipinski definition) is 5. The molecule has 2 aromatic rings. The highest BCUT2D eigenvalue weighted by Gasteiger charge is 2.49. The second-order valence-electron chi connectivity index (χ2n) is 4.04. The summed E-state index contributed by atoms with van der Waals surface area (Å²) in [6, 6.07) is 3.05. The Bertz CT molecular complexity index is 957. The number of alkyl halides is 3. The molecule has 0 atom stereocenters. The number of fused-ring (bicyclic) bond motifs is 1. The summed E-state index contributed by atoms with van der Waals surface area (Å²) in [5.41, 5.74) is -6.77. The number of aryl methyl sites for hydroxylation is 1. The summed E-state index contributed by atoms with van der Waals surface area (Å²) in [6.45, 7) is 6.82. The fourth-order valence-corrected chi connectivity index (χ4v) is 2.04. The second kappa shape index (κ2) is 4.99. The van der Waals surface area contributed by atoms with Crippen LogP contribution in [0.2, 0.25) is 0 Å². The molecule has 0 saturated carbocycles. The van der Waals surface area contributed by atoms with Crippen molar-refractivity contribution in [3.63, 3.8) is 0 Å². The Kier molecular flexibility index (Phi) is 3.58. The minimum atomic E-state index is -5.96. The van der Waals surface area contributed by atoms with Crippen molar-refractivity contribution in [1.82, 2.24) is 9.55 Å². The molecule has 0 amide bonds. The maximum atomic E-state index is 12.4. The van der Waals surface area contributed by atoms with E-state index in [1.54, 1.807) is 0 Å². The van der Waals surface area contributed by atoms with Crippen molar-refractivity contribution in [3.05, 3.63) is 40.0 Å². The molecule has 0 saturated heterocycles. The van der Waals surface area contributed by atoms with Crippen molar-refractivity contribution >= 4 is 27.0 Å². The van der Waals surface area contributed by atoms with Gasteiger partial charge in [0, 0.05) is 7.05 Å². The zero-order chi connectivity index (χ0) is 16.7. The molecule has 2 heterocycles. The van der Waals surface area contributed by atoms with E-state index in [0.29, 0.717) is 6.07 Å². The topological polar surface area (TPSA) is 82.6 Å². The first-order valence-electron chi connectivity index (χ1n) is 5.46. The van der Waals surface area contributed by atoms with Gasteiger partial charge in [0.1, 0.15) is 0 Å². The van der Waals surface area contributed by atoms with Crippen molar-refractivity contribution in [2.75, 3.05) is 0 Å². The third-order valence-electron chi connectivity index (χ3n) is 2.64. The van der Waals surface area contributed by atoms with Gasteiger partial charge in [-0.1, -0.05) is 6.57 Å². The van der Waals surface area contributed by atoms with Crippen LogP contribution in [0.5, 0.6) is 5.75 Å². The van der Waals surface area contributed by atoms with Crippen LogP contribution in [0.3, 0.4) is 0 Å². The second-order valence-corrected chi connectivity index (χ2v) is 5.58. The van der Waals surface area contributed by atoms with Crippen LogP contribution >= 0.6 is 0 Å². The van der Waals surface area contributed by atoms with Crippen LogP contribution in [0.15, 0.2) is 23.0 Å². The molecular formula is C11H6F3N3O4S. The van der Waals surface area contributed by atoms with Crippen LogP contribution in [0, 0.1) is 6.57 Å². The number of hydrogen-bond donors (Lipinski definition) is 0. The molecule has 0 aromatic carbocycles. The first kappa shape index (κ1) is 15.8. The first-order valence-corrected chi connectivity index (χ1v) is 6.86. The lowest BCUT2D eigenvalue weighted by Crippen LogP contribution is -2.29. The van der Waals surface area contributed by atoms with E-state index in [2.05, 4.69) is 14.0 Å². The van der Waals surface area contributed by atoms with Crippen molar-refractivity contribution < 1.29 is 25.8 Å². The van der Waals surface area contributed by atoms with Crippen LogP contribution in [-0.2, 0) is 17.2 Å². The van der Waals surface area contributed by atoms with Gasteiger partial charge in [0.2, 0.25) is 5.52 Å². The lowest BCUT2D eigenvalue weighted by Gasteiger charge is -2.11. The van der Waals surface area contributed by atoms with Gasteiger partial charge >= 0.3 is 15.6 Å². The molecule has 0 radical (unpaired) electrons. The Hall–Kier alpha value is -2.61. The minimum absolute atomic E-state index is 0.0206. The van der Waals surface area contributed by atoms with Crippen molar-refractivity contribution in [2.45, 2.75) is 5.51 Å². The lowest BCUT2D eigenvalue weighted by molar-refractivity contribution is -0.0499. The van der Waals surface area contributed by atoms with Gasteiger partial charge in [0.25, 0.3) is 11.4 Å². The molecule has 0 bridgehead atoms. The van der Waals surface area contributed by atoms with E-state index >= 15 is 0 Å². The van der Waals surface area contributed by atoms with E-state index in [9.17, 15) is 26.4 Å². The van der Waals surface area contributed by atoms with Crippen molar-refractivity contribution in [1.29, 1.82) is 0 Å². The van der Waals surface area contributed by atoms with Crippen LogP contribution < -0.4 is 9.74 Å². The fourth-order valence-electron chi connectivity index (χ4n) is 1.58. The van der Waals surface area contributed by atoms with Gasteiger partial charge in [-0.15, -0.1) is 4.98 Å². The monoisotopic (exact) mass is 333 g/mol. The Morgan fingerprint density at radius 2 is 2.00 bits per heavy atom. The summed E-state index contributed by atoms with van der Waals surface area (Å²) in [4.78, 5) is 18.3. The zero-order valence-corrected chi connectivity index (χ0v) is 11.6. The molecular weight excluding hydrogens is 327 g/mol. The fraction of sp³-hybridized carbons (Fsp3) is 0.182. The molecule has 2 aromatic heterocycles. The summed E-state index contributed by atoms with van der Waals surface area (Å²) in [7, 11) is -4.65. The maximum Gasteiger partial charge on any atom is 0.534 e. The highest BCUT2D eigenvalue weighted by molar-refractivity contribution is 7.88. The van der Waals surface area contributed by atoms with Gasteiger partial charge in [0.15, 0.2) is 5.75 Å². The molecule has 11 heteroatoms. The molecule has 0 aliphatic heterocycles. The Labute approximate surface area is 121 Å². The molecule has 0 N–H and O–H groups in total. The predicted molar refractivity (Wildman–Crippen MR) is 68.8 cm³/mol. The predicted octanol–water partition coefficient (Wildman–Crippen LogP) is 1.71.